The minimum atomic E-state index is -0.286. The molecule has 0 spiro atoms. The highest BCUT2D eigenvalue weighted by Crippen LogP contribution is 2.33. The van der Waals surface area contributed by atoms with Gasteiger partial charge in [-0.1, -0.05) is 0 Å². The quantitative estimate of drug-likeness (QED) is 0.243. The molecule has 4 aromatic heterocycles. The number of rotatable bonds is 8. The van der Waals surface area contributed by atoms with Gasteiger partial charge >= 0.3 is 0 Å². The fraction of sp³-hybridized carbons (Fsp3) is 0.273. The summed E-state index contributed by atoms with van der Waals surface area (Å²) in [6.45, 7) is 5.06. The maximum atomic E-state index is 13.2. The number of H-pyrrole nitrogens is 2. The van der Waals surface area contributed by atoms with Crippen molar-refractivity contribution in [1.29, 1.82) is 0 Å². The molecule has 33 heavy (non-hydrogen) atoms. The molecule has 5 N–H and O–H groups in total. The number of hydrogen-bond donors (Lipinski definition) is 5. The van der Waals surface area contributed by atoms with E-state index in [9.17, 15) is 4.79 Å². The Labute approximate surface area is 187 Å². The number of imidazole rings is 1. The van der Waals surface area contributed by atoms with Gasteiger partial charge in [-0.3, -0.25) is 9.48 Å². The van der Waals surface area contributed by atoms with E-state index in [0.717, 1.165) is 11.2 Å². The van der Waals surface area contributed by atoms with E-state index < -0.39 is 0 Å². The number of hydrogen-bond acceptors (Lipinski definition) is 8. The molecule has 0 amide bonds. The lowest BCUT2D eigenvalue weighted by Crippen LogP contribution is -2.16. The second-order valence-corrected chi connectivity index (χ2v) is 7.70. The number of aliphatic hydroxyl groups excluding tert-OH is 1. The van der Waals surface area contributed by atoms with Crippen LogP contribution < -0.4 is 16.2 Å². The van der Waals surface area contributed by atoms with Gasteiger partial charge in [0.1, 0.15) is 28.9 Å². The van der Waals surface area contributed by atoms with Crippen molar-refractivity contribution in [3.63, 3.8) is 0 Å². The van der Waals surface area contributed by atoms with Gasteiger partial charge < -0.3 is 30.1 Å². The molecule has 0 bridgehead atoms. The van der Waals surface area contributed by atoms with Gasteiger partial charge in [-0.05, 0) is 32.0 Å². The van der Waals surface area contributed by atoms with Gasteiger partial charge in [-0.2, -0.15) is 5.10 Å². The minimum absolute atomic E-state index is 0.0325. The van der Waals surface area contributed by atoms with Gasteiger partial charge in [-0.25, -0.2) is 9.97 Å². The Morgan fingerprint density at radius 1 is 1.27 bits per heavy atom. The molecule has 4 heterocycles. The fourth-order valence-corrected chi connectivity index (χ4v) is 3.81. The molecular formula is C22H24N8O3. The summed E-state index contributed by atoms with van der Waals surface area (Å²) in [5.74, 6) is 0.424. The van der Waals surface area contributed by atoms with Crippen molar-refractivity contribution in [3.05, 3.63) is 53.1 Å². The second kappa shape index (κ2) is 8.43. The molecule has 0 aliphatic carbocycles. The van der Waals surface area contributed by atoms with E-state index in [1.54, 1.807) is 10.9 Å². The van der Waals surface area contributed by atoms with Crippen LogP contribution in [0.4, 0.5) is 11.4 Å². The molecule has 11 heteroatoms. The van der Waals surface area contributed by atoms with Crippen molar-refractivity contribution in [2.75, 3.05) is 23.8 Å². The summed E-state index contributed by atoms with van der Waals surface area (Å²) in [7, 11) is 0. The Balaban J connectivity index is 1.66. The Bertz CT molecular complexity index is 1460. The predicted molar refractivity (Wildman–Crippen MR) is 125 cm³/mol. The number of benzene rings is 1. The molecule has 1 aromatic carbocycles. The third-order valence-corrected chi connectivity index (χ3v) is 5.46. The van der Waals surface area contributed by atoms with E-state index in [0.29, 0.717) is 52.4 Å². The van der Waals surface area contributed by atoms with Gasteiger partial charge in [0.05, 0.1) is 34.9 Å². The fourth-order valence-electron chi connectivity index (χ4n) is 3.81. The van der Waals surface area contributed by atoms with Crippen molar-refractivity contribution in [2.24, 2.45) is 0 Å². The van der Waals surface area contributed by atoms with Gasteiger partial charge in [0.2, 0.25) is 0 Å². The lowest BCUT2D eigenvalue weighted by atomic mass is 10.1. The standard InChI is InChI=1S/C22H24N8O3/c1-3-30-9-16-19(29-30)20(25-12(2)17-10-33-11-24-17)18(22(32)28-16)21-26-14-5-4-13(23-6-7-31)8-15(14)27-21/h4-5,8-12,23,25,31H,3,6-7H2,1-2H3,(H,26,27)(H,28,32)/t12-/m1/s1. The number of pyridine rings is 1. The summed E-state index contributed by atoms with van der Waals surface area (Å²) >= 11 is 0. The lowest BCUT2D eigenvalue weighted by molar-refractivity contribution is 0.311. The van der Waals surface area contributed by atoms with E-state index in [-0.39, 0.29) is 18.2 Å². The molecule has 0 radical (unpaired) electrons. The summed E-state index contributed by atoms with van der Waals surface area (Å²) in [6.07, 6.45) is 4.74. The Kier molecular flexibility index (Phi) is 5.31. The highest BCUT2D eigenvalue weighted by Gasteiger charge is 2.22. The number of nitrogens with one attached hydrogen (secondary N) is 4. The molecule has 0 fully saturated rings. The van der Waals surface area contributed by atoms with Crippen LogP contribution in [0, 0.1) is 0 Å². The number of aromatic amines is 2. The van der Waals surface area contributed by atoms with Gasteiger partial charge in [-0.15, -0.1) is 0 Å². The second-order valence-electron chi connectivity index (χ2n) is 7.70. The maximum absolute atomic E-state index is 13.2. The molecule has 5 aromatic rings. The molecule has 0 saturated carbocycles. The number of aryl methyl sites for hydroxylation is 1. The van der Waals surface area contributed by atoms with Crippen LogP contribution in [-0.4, -0.2) is 48.0 Å². The monoisotopic (exact) mass is 448 g/mol. The third kappa shape index (κ3) is 3.82. The number of oxazole rings is 1. The van der Waals surface area contributed by atoms with Crippen LogP contribution in [0.25, 0.3) is 33.5 Å². The van der Waals surface area contributed by atoms with Crippen molar-refractivity contribution >= 4 is 33.4 Å². The topological polar surface area (TPSA) is 150 Å². The minimum Gasteiger partial charge on any atom is -0.451 e. The van der Waals surface area contributed by atoms with Crippen LogP contribution in [0.2, 0.25) is 0 Å². The Morgan fingerprint density at radius 3 is 2.91 bits per heavy atom. The number of nitrogens with zero attached hydrogens (tertiary/aromatic N) is 4. The molecule has 0 saturated heterocycles. The highest BCUT2D eigenvalue weighted by molar-refractivity contribution is 5.96. The number of anilines is 2. The molecular weight excluding hydrogens is 424 g/mol. The van der Waals surface area contributed by atoms with E-state index in [4.69, 9.17) is 9.52 Å². The van der Waals surface area contributed by atoms with Crippen molar-refractivity contribution in [1.82, 2.24) is 29.7 Å². The zero-order valence-electron chi connectivity index (χ0n) is 18.2. The lowest BCUT2D eigenvalue weighted by Gasteiger charge is -2.15. The van der Waals surface area contributed by atoms with Gasteiger partial charge in [0.25, 0.3) is 5.56 Å². The van der Waals surface area contributed by atoms with E-state index in [1.807, 2.05) is 38.2 Å². The molecule has 5 rings (SSSR count). The smallest absolute Gasteiger partial charge is 0.261 e. The van der Waals surface area contributed by atoms with Gasteiger partial charge in [0, 0.05) is 25.0 Å². The number of aliphatic hydroxyl groups is 1. The molecule has 0 aliphatic rings. The summed E-state index contributed by atoms with van der Waals surface area (Å²) in [4.78, 5) is 28.3. The first-order valence-electron chi connectivity index (χ1n) is 10.7. The number of fused-ring (bicyclic) bond motifs is 2. The predicted octanol–water partition coefficient (Wildman–Crippen LogP) is 2.85. The highest BCUT2D eigenvalue weighted by atomic mass is 16.3. The molecule has 0 unspecified atom stereocenters. The van der Waals surface area contributed by atoms with Gasteiger partial charge in [0.15, 0.2) is 6.39 Å². The largest absolute Gasteiger partial charge is 0.451 e. The van der Waals surface area contributed by atoms with Crippen LogP contribution in [0.5, 0.6) is 0 Å². The van der Waals surface area contributed by atoms with Crippen LogP contribution in [0.3, 0.4) is 0 Å². The summed E-state index contributed by atoms with van der Waals surface area (Å²) in [6, 6.07) is 5.40. The third-order valence-electron chi connectivity index (χ3n) is 5.46. The van der Waals surface area contributed by atoms with Crippen molar-refractivity contribution in [2.45, 2.75) is 26.4 Å². The van der Waals surface area contributed by atoms with Crippen LogP contribution in [0.1, 0.15) is 25.6 Å². The average Bonchev–Trinajstić information content (AvgIpc) is 3.56. The molecule has 170 valence electrons. The van der Waals surface area contributed by atoms with Crippen LogP contribution in [-0.2, 0) is 6.54 Å². The Morgan fingerprint density at radius 2 is 2.15 bits per heavy atom. The molecule has 0 aliphatic heterocycles. The van der Waals surface area contributed by atoms with E-state index >= 15 is 0 Å². The zero-order valence-corrected chi connectivity index (χ0v) is 18.2. The van der Waals surface area contributed by atoms with Crippen LogP contribution >= 0.6 is 0 Å². The van der Waals surface area contributed by atoms with Crippen molar-refractivity contribution < 1.29 is 9.52 Å². The molecule has 11 nitrogen and oxygen atoms in total. The summed E-state index contributed by atoms with van der Waals surface area (Å²) < 4.78 is 6.89. The van der Waals surface area contributed by atoms with Crippen LogP contribution in [0.15, 0.2) is 46.3 Å². The zero-order chi connectivity index (χ0) is 22.9. The normalized spacial score (nSPS) is 12.5. The first-order valence-corrected chi connectivity index (χ1v) is 10.7. The van der Waals surface area contributed by atoms with E-state index in [2.05, 4.69) is 35.7 Å². The van der Waals surface area contributed by atoms with E-state index in [1.165, 1.54) is 6.39 Å². The summed E-state index contributed by atoms with van der Waals surface area (Å²) in [5, 5.41) is 20.2. The first-order chi connectivity index (χ1) is 16.1. The van der Waals surface area contributed by atoms with Crippen molar-refractivity contribution in [3.8, 4) is 11.4 Å². The first kappa shape index (κ1) is 20.8. The maximum Gasteiger partial charge on any atom is 0.261 e. The average molecular weight is 448 g/mol. The summed E-state index contributed by atoms with van der Waals surface area (Å²) in [5.41, 5.74) is 4.93. The SMILES string of the molecule is CCn1cc2[nH]c(=O)c(-c3nc4ccc(NCCO)cc4[nH]3)c(N[C@H](C)c3cocn3)c2n1. The number of aromatic nitrogens is 6. The molecule has 1 atom stereocenters. The Hall–Kier alpha value is -4.12.